The first-order valence-electron chi connectivity index (χ1n) is 10.1. The number of para-hydroxylation sites is 1. The Kier molecular flexibility index (Phi) is 6.03. The van der Waals surface area contributed by atoms with E-state index in [-0.39, 0.29) is 17.4 Å². The van der Waals surface area contributed by atoms with Gasteiger partial charge < -0.3 is 15.4 Å². The lowest BCUT2D eigenvalue weighted by Crippen LogP contribution is -2.31. The summed E-state index contributed by atoms with van der Waals surface area (Å²) in [6.07, 6.45) is 1.31. The number of nitrogens with two attached hydrogens (primary N) is 1. The normalized spacial score (nSPS) is 10.5. The van der Waals surface area contributed by atoms with Crippen molar-refractivity contribution in [3.63, 3.8) is 0 Å². The summed E-state index contributed by atoms with van der Waals surface area (Å²) in [5.41, 5.74) is 13.3. The first-order valence-corrected chi connectivity index (χ1v) is 10.1. The van der Waals surface area contributed by atoms with Gasteiger partial charge in [0.15, 0.2) is 11.6 Å². The fraction of sp³-hybridized carbons (Fsp3) is 0.0833. The van der Waals surface area contributed by atoms with Crippen LogP contribution in [-0.2, 0) is 4.74 Å². The molecule has 0 atom stereocenters. The Bertz CT molecular complexity index is 1340. The first-order chi connectivity index (χ1) is 16.0. The van der Waals surface area contributed by atoms with E-state index in [9.17, 15) is 9.59 Å². The fourth-order valence-corrected chi connectivity index (χ4v) is 3.52. The van der Waals surface area contributed by atoms with E-state index in [2.05, 4.69) is 20.8 Å². The molecule has 166 valence electrons. The van der Waals surface area contributed by atoms with Crippen LogP contribution in [0.1, 0.15) is 20.7 Å². The largest absolute Gasteiger partial charge is 0.465 e. The van der Waals surface area contributed by atoms with Crippen molar-refractivity contribution >= 4 is 45.7 Å². The molecular formula is C24H22N6O3. The average molecular weight is 442 g/mol. The number of carbonyl (C=O) groups excluding carboxylic acids is 2. The minimum atomic E-state index is -0.481. The summed E-state index contributed by atoms with van der Waals surface area (Å²) in [6, 6.07) is 20.1. The number of amides is 1. The molecule has 33 heavy (non-hydrogen) atoms. The zero-order valence-electron chi connectivity index (χ0n) is 18.1. The van der Waals surface area contributed by atoms with Gasteiger partial charge in [0.05, 0.1) is 18.4 Å². The Balaban J connectivity index is 1.58. The lowest BCUT2D eigenvalue weighted by atomic mass is 10.0. The summed E-state index contributed by atoms with van der Waals surface area (Å²) in [5.74, 6) is -0.249. The highest BCUT2D eigenvalue weighted by Gasteiger charge is 2.20. The van der Waals surface area contributed by atoms with Gasteiger partial charge in [0, 0.05) is 12.6 Å². The molecule has 0 spiro atoms. The molecule has 4 N–H and O–H groups in total. The Morgan fingerprint density at radius 1 is 0.939 bits per heavy atom. The number of hydrogen-bond acceptors (Lipinski definition) is 8. The van der Waals surface area contributed by atoms with Gasteiger partial charge in [-0.25, -0.2) is 14.8 Å². The van der Waals surface area contributed by atoms with Crippen molar-refractivity contribution in [3.8, 4) is 0 Å². The number of methoxy groups -OCH3 is 1. The molecule has 0 bridgehead atoms. The summed E-state index contributed by atoms with van der Waals surface area (Å²) in [7, 11) is 3.04. The van der Waals surface area contributed by atoms with E-state index in [1.807, 2.05) is 36.4 Å². The maximum Gasteiger partial charge on any atom is 0.339 e. The van der Waals surface area contributed by atoms with Gasteiger partial charge in [-0.15, -0.1) is 0 Å². The van der Waals surface area contributed by atoms with Crippen LogP contribution in [-0.4, -0.2) is 36.0 Å². The van der Waals surface area contributed by atoms with E-state index in [4.69, 9.17) is 10.5 Å². The second kappa shape index (κ2) is 9.23. The molecule has 0 saturated heterocycles. The van der Waals surface area contributed by atoms with E-state index in [1.165, 1.54) is 13.4 Å². The van der Waals surface area contributed by atoms with E-state index in [0.717, 1.165) is 10.8 Å². The van der Waals surface area contributed by atoms with Gasteiger partial charge in [0.2, 0.25) is 0 Å². The maximum absolute atomic E-state index is 12.8. The SMILES string of the molecule is COC(=O)c1ccccc1N(C)c1ncnc(NNC(=O)c2cccc3ccccc23)c1N. The number of nitrogens with one attached hydrogen (secondary N) is 2. The van der Waals surface area contributed by atoms with Crippen LogP contribution in [0.5, 0.6) is 0 Å². The summed E-state index contributed by atoms with van der Waals surface area (Å²) < 4.78 is 4.86. The molecule has 1 heterocycles. The van der Waals surface area contributed by atoms with E-state index in [0.29, 0.717) is 22.6 Å². The topological polar surface area (TPSA) is 122 Å². The van der Waals surface area contributed by atoms with Crippen LogP contribution < -0.4 is 21.5 Å². The number of hydrazine groups is 1. The number of nitrogen functional groups attached to an aromatic ring is 1. The smallest absolute Gasteiger partial charge is 0.339 e. The first kappa shape index (κ1) is 21.6. The molecule has 1 amide bonds. The van der Waals surface area contributed by atoms with E-state index < -0.39 is 5.97 Å². The standard InChI is InChI=1S/C24H22N6O3/c1-30(19-13-6-5-11-18(19)24(32)33-2)22-20(25)21(26-14-27-22)28-29-23(31)17-12-7-9-15-8-3-4-10-16(15)17/h3-14H,25H2,1-2H3,(H,29,31)(H,26,27,28). The second-order valence-electron chi connectivity index (χ2n) is 7.13. The number of esters is 1. The molecule has 9 heteroatoms. The van der Waals surface area contributed by atoms with Crippen LogP contribution in [0, 0.1) is 0 Å². The number of fused-ring (bicyclic) bond motifs is 1. The third kappa shape index (κ3) is 4.24. The van der Waals surface area contributed by atoms with Crippen LogP contribution in [0.3, 0.4) is 0 Å². The van der Waals surface area contributed by atoms with Gasteiger partial charge in [-0.3, -0.25) is 15.6 Å². The third-order valence-corrected chi connectivity index (χ3v) is 5.18. The lowest BCUT2D eigenvalue weighted by Gasteiger charge is -2.23. The zero-order valence-corrected chi connectivity index (χ0v) is 18.1. The van der Waals surface area contributed by atoms with E-state index in [1.54, 1.807) is 42.3 Å². The molecule has 0 radical (unpaired) electrons. The highest BCUT2D eigenvalue weighted by atomic mass is 16.5. The quantitative estimate of drug-likeness (QED) is 0.306. The molecule has 0 saturated carbocycles. The van der Waals surface area contributed by atoms with Crippen molar-refractivity contribution in [1.29, 1.82) is 0 Å². The minimum Gasteiger partial charge on any atom is -0.465 e. The van der Waals surface area contributed by atoms with Crippen LogP contribution >= 0.6 is 0 Å². The minimum absolute atomic E-state index is 0.192. The molecule has 4 aromatic rings. The van der Waals surface area contributed by atoms with Crippen LogP contribution in [0.4, 0.5) is 23.0 Å². The number of ether oxygens (including phenoxy) is 1. The van der Waals surface area contributed by atoms with Gasteiger partial charge >= 0.3 is 5.97 Å². The number of carbonyl (C=O) groups is 2. The summed E-state index contributed by atoms with van der Waals surface area (Å²) in [5, 5.41) is 1.79. The van der Waals surface area contributed by atoms with Crippen LogP contribution in [0.25, 0.3) is 10.8 Å². The third-order valence-electron chi connectivity index (χ3n) is 5.18. The van der Waals surface area contributed by atoms with Crippen molar-refractivity contribution < 1.29 is 14.3 Å². The maximum atomic E-state index is 12.8. The van der Waals surface area contributed by atoms with Crippen molar-refractivity contribution in [2.24, 2.45) is 0 Å². The number of benzene rings is 3. The zero-order chi connectivity index (χ0) is 23.4. The summed E-state index contributed by atoms with van der Waals surface area (Å²) in [6.45, 7) is 0. The number of nitrogens with zero attached hydrogens (tertiary/aromatic N) is 3. The van der Waals surface area contributed by atoms with Gasteiger partial charge in [0.1, 0.15) is 12.0 Å². The molecule has 0 aliphatic carbocycles. The van der Waals surface area contributed by atoms with Gasteiger partial charge in [-0.1, -0.05) is 48.5 Å². The molecule has 4 rings (SSSR count). The Morgan fingerprint density at radius 2 is 1.64 bits per heavy atom. The van der Waals surface area contributed by atoms with E-state index >= 15 is 0 Å². The Morgan fingerprint density at radius 3 is 2.45 bits per heavy atom. The van der Waals surface area contributed by atoms with Gasteiger partial charge in [-0.2, -0.15) is 0 Å². The van der Waals surface area contributed by atoms with Crippen molar-refractivity contribution in [1.82, 2.24) is 15.4 Å². The van der Waals surface area contributed by atoms with Gasteiger partial charge in [-0.05, 0) is 29.0 Å². The predicted octanol–water partition coefficient (Wildman–Crippen LogP) is 3.52. The highest BCUT2D eigenvalue weighted by Crippen LogP contribution is 2.32. The molecule has 9 nitrogen and oxygen atoms in total. The molecule has 0 aliphatic heterocycles. The fourth-order valence-electron chi connectivity index (χ4n) is 3.52. The Labute approximate surface area is 190 Å². The number of hydrogen-bond donors (Lipinski definition) is 3. The number of anilines is 4. The second-order valence-corrected chi connectivity index (χ2v) is 7.13. The van der Waals surface area contributed by atoms with Gasteiger partial charge in [0.25, 0.3) is 5.91 Å². The summed E-state index contributed by atoms with van der Waals surface area (Å²) >= 11 is 0. The van der Waals surface area contributed by atoms with Crippen LogP contribution in [0.15, 0.2) is 73.1 Å². The molecule has 3 aromatic carbocycles. The molecular weight excluding hydrogens is 420 g/mol. The van der Waals surface area contributed by atoms with Crippen molar-refractivity contribution in [2.75, 3.05) is 30.2 Å². The molecule has 0 fully saturated rings. The van der Waals surface area contributed by atoms with Crippen LogP contribution in [0.2, 0.25) is 0 Å². The Hall–Kier alpha value is -4.66. The lowest BCUT2D eigenvalue weighted by molar-refractivity contribution is 0.0601. The molecule has 0 unspecified atom stereocenters. The molecule has 0 aliphatic rings. The van der Waals surface area contributed by atoms with Crippen molar-refractivity contribution in [3.05, 3.63) is 84.2 Å². The average Bonchev–Trinajstić information content (AvgIpc) is 2.86. The van der Waals surface area contributed by atoms with Crippen molar-refractivity contribution in [2.45, 2.75) is 0 Å². The predicted molar refractivity (Wildman–Crippen MR) is 127 cm³/mol. The number of aromatic nitrogens is 2. The molecule has 1 aromatic heterocycles. The monoisotopic (exact) mass is 442 g/mol. The highest BCUT2D eigenvalue weighted by molar-refractivity contribution is 6.07. The number of rotatable bonds is 6. The summed E-state index contributed by atoms with van der Waals surface area (Å²) in [4.78, 5) is 35.0.